The van der Waals surface area contributed by atoms with Crippen LogP contribution in [-0.2, 0) is 0 Å². The summed E-state index contributed by atoms with van der Waals surface area (Å²) in [5.74, 6) is 0. The third kappa shape index (κ3) is 4.38. The van der Waals surface area contributed by atoms with Crippen molar-refractivity contribution in [3.63, 3.8) is 0 Å². The van der Waals surface area contributed by atoms with Gasteiger partial charge in [-0.1, -0.05) is 103 Å². The van der Waals surface area contributed by atoms with Crippen LogP contribution in [0.25, 0.3) is 105 Å². The second-order valence-corrected chi connectivity index (χ2v) is 13.3. The summed E-state index contributed by atoms with van der Waals surface area (Å²) in [6, 6.07) is 62.5. The maximum Gasteiger partial charge on any atom is 0.137 e. The SMILES string of the molecule is c1ccc(-c2cc(-c3ccccc3)cc(-c3ccc4c(c3)oc3cc5c(cc34)oc3cc(-n4c6ccccc6c6ccccc64)ccc35)c2)cc1. The van der Waals surface area contributed by atoms with Crippen molar-refractivity contribution in [1.29, 1.82) is 0 Å². The van der Waals surface area contributed by atoms with Gasteiger partial charge in [0, 0.05) is 44.1 Å². The van der Waals surface area contributed by atoms with Crippen molar-refractivity contribution in [3.8, 4) is 39.1 Å². The highest BCUT2D eigenvalue weighted by atomic mass is 16.3. The van der Waals surface area contributed by atoms with Gasteiger partial charge in [0.1, 0.15) is 22.3 Å². The number of hydrogen-bond acceptors (Lipinski definition) is 2. The number of nitrogens with zero attached hydrogens (tertiary/aromatic N) is 1. The van der Waals surface area contributed by atoms with Crippen LogP contribution in [0.4, 0.5) is 0 Å². The predicted octanol–water partition coefficient (Wildman–Crippen LogP) is 13.6. The molecule has 3 nitrogen and oxygen atoms in total. The van der Waals surface area contributed by atoms with Crippen LogP contribution in [0.2, 0.25) is 0 Å². The minimum Gasteiger partial charge on any atom is -0.456 e. The predicted molar refractivity (Wildman–Crippen MR) is 212 cm³/mol. The Hall–Kier alpha value is -6.84. The Morgan fingerprint density at radius 2 is 0.725 bits per heavy atom. The summed E-state index contributed by atoms with van der Waals surface area (Å²) in [7, 11) is 0. The van der Waals surface area contributed by atoms with E-state index < -0.39 is 0 Å². The summed E-state index contributed by atoms with van der Waals surface area (Å²) >= 11 is 0. The molecule has 3 heterocycles. The molecule has 0 aliphatic rings. The van der Waals surface area contributed by atoms with E-state index in [9.17, 15) is 0 Å². The van der Waals surface area contributed by atoms with Crippen molar-refractivity contribution >= 4 is 65.7 Å². The average molecular weight is 652 g/mol. The van der Waals surface area contributed by atoms with Crippen LogP contribution in [-0.4, -0.2) is 4.57 Å². The fourth-order valence-corrected chi connectivity index (χ4v) is 7.94. The molecule has 0 amide bonds. The van der Waals surface area contributed by atoms with Crippen LogP contribution in [0.1, 0.15) is 0 Å². The lowest BCUT2D eigenvalue weighted by atomic mass is 9.93. The summed E-state index contributed by atoms with van der Waals surface area (Å²) in [6.07, 6.45) is 0. The minimum absolute atomic E-state index is 0.853. The first kappa shape index (κ1) is 28.0. The van der Waals surface area contributed by atoms with Gasteiger partial charge in [-0.2, -0.15) is 0 Å². The number of benzene rings is 8. The maximum atomic E-state index is 6.60. The topological polar surface area (TPSA) is 31.2 Å². The van der Waals surface area contributed by atoms with Gasteiger partial charge in [-0.05, 0) is 100 Å². The first-order chi connectivity index (χ1) is 25.2. The molecule has 11 aromatic rings. The number of furan rings is 2. The minimum atomic E-state index is 0.853. The highest BCUT2D eigenvalue weighted by molar-refractivity contribution is 6.15. The molecule has 0 aliphatic heterocycles. The van der Waals surface area contributed by atoms with Crippen LogP contribution in [0.15, 0.2) is 185 Å². The molecule has 0 fully saturated rings. The van der Waals surface area contributed by atoms with Gasteiger partial charge in [0.15, 0.2) is 0 Å². The molecular weight excluding hydrogens is 623 g/mol. The fraction of sp³-hybridized carbons (Fsp3) is 0. The molecule has 0 unspecified atom stereocenters. The Labute approximate surface area is 293 Å². The van der Waals surface area contributed by atoms with Crippen LogP contribution in [0, 0.1) is 0 Å². The second-order valence-electron chi connectivity index (χ2n) is 13.3. The van der Waals surface area contributed by atoms with Crippen molar-refractivity contribution in [2.24, 2.45) is 0 Å². The second kappa shape index (κ2) is 10.8. The summed E-state index contributed by atoms with van der Waals surface area (Å²) in [4.78, 5) is 0. The molecular formula is C48H29NO2. The van der Waals surface area contributed by atoms with Crippen molar-refractivity contribution in [3.05, 3.63) is 176 Å². The highest BCUT2D eigenvalue weighted by Crippen LogP contribution is 2.40. The van der Waals surface area contributed by atoms with Gasteiger partial charge < -0.3 is 13.4 Å². The Bertz CT molecular complexity index is 3010. The van der Waals surface area contributed by atoms with Gasteiger partial charge in [0.2, 0.25) is 0 Å². The molecule has 0 saturated carbocycles. The third-order valence-electron chi connectivity index (χ3n) is 10.4. The molecule has 3 heteroatoms. The smallest absolute Gasteiger partial charge is 0.137 e. The Balaban J connectivity index is 1.03. The molecule has 0 saturated heterocycles. The van der Waals surface area contributed by atoms with Crippen LogP contribution in [0.3, 0.4) is 0 Å². The third-order valence-corrected chi connectivity index (χ3v) is 10.4. The van der Waals surface area contributed by atoms with Gasteiger partial charge in [-0.3, -0.25) is 0 Å². The van der Waals surface area contributed by atoms with E-state index >= 15 is 0 Å². The molecule has 51 heavy (non-hydrogen) atoms. The number of aromatic nitrogens is 1. The number of fused-ring (bicyclic) bond motifs is 9. The van der Waals surface area contributed by atoms with E-state index in [1.807, 2.05) is 0 Å². The number of hydrogen-bond donors (Lipinski definition) is 0. The first-order valence-corrected chi connectivity index (χ1v) is 17.3. The standard InChI is InChI=1S/C48H29NO2/c1-3-11-30(12-4-1)33-23-34(31-13-5-2-6-14-31)25-35(24-33)32-19-21-39-41-28-48-42(29-47(41)50-45(39)26-32)40-22-20-36(27-46(40)51-48)49-43-17-9-7-15-37(43)38-16-8-10-18-44(38)49/h1-29H. The molecule has 0 aliphatic carbocycles. The average Bonchev–Trinajstić information content (AvgIpc) is 3.85. The lowest BCUT2D eigenvalue weighted by molar-refractivity contribution is 0.664. The Morgan fingerprint density at radius 3 is 1.29 bits per heavy atom. The first-order valence-electron chi connectivity index (χ1n) is 17.3. The van der Waals surface area contributed by atoms with Crippen molar-refractivity contribution in [2.75, 3.05) is 0 Å². The van der Waals surface area contributed by atoms with Crippen molar-refractivity contribution in [1.82, 2.24) is 4.57 Å². The van der Waals surface area contributed by atoms with E-state index in [1.165, 1.54) is 44.1 Å². The maximum absolute atomic E-state index is 6.60. The molecule has 8 aromatic carbocycles. The summed E-state index contributed by atoms with van der Waals surface area (Å²) in [5.41, 5.74) is 13.9. The molecule has 11 rings (SSSR count). The van der Waals surface area contributed by atoms with Crippen LogP contribution < -0.4 is 0 Å². The molecule has 0 atom stereocenters. The largest absolute Gasteiger partial charge is 0.456 e. The molecule has 0 N–H and O–H groups in total. The van der Waals surface area contributed by atoms with E-state index in [0.717, 1.165) is 60.7 Å². The van der Waals surface area contributed by atoms with Crippen LogP contribution in [0.5, 0.6) is 0 Å². The van der Waals surface area contributed by atoms with E-state index in [2.05, 4.69) is 180 Å². The molecule has 238 valence electrons. The lowest BCUT2D eigenvalue weighted by Crippen LogP contribution is -1.93. The number of para-hydroxylation sites is 2. The lowest BCUT2D eigenvalue weighted by Gasteiger charge is -2.11. The van der Waals surface area contributed by atoms with E-state index in [1.54, 1.807) is 0 Å². The molecule has 3 aromatic heterocycles. The molecule has 0 spiro atoms. The zero-order valence-corrected chi connectivity index (χ0v) is 27.5. The van der Waals surface area contributed by atoms with E-state index in [0.29, 0.717) is 0 Å². The summed E-state index contributed by atoms with van der Waals surface area (Å²) in [6.45, 7) is 0. The van der Waals surface area contributed by atoms with Crippen LogP contribution >= 0.6 is 0 Å². The van der Waals surface area contributed by atoms with Gasteiger partial charge in [-0.25, -0.2) is 0 Å². The van der Waals surface area contributed by atoms with Gasteiger partial charge in [0.25, 0.3) is 0 Å². The van der Waals surface area contributed by atoms with Crippen molar-refractivity contribution in [2.45, 2.75) is 0 Å². The van der Waals surface area contributed by atoms with E-state index in [-0.39, 0.29) is 0 Å². The Morgan fingerprint density at radius 1 is 0.275 bits per heavy atom. The van der Waals surface area contributed by atoms with Gasteiger partial charge in [0.05, 0.1) is 11.0 Å². The summed E-state index contributed by atoms with van der Waals surface area (Å²) in [5, 5.41) is 6.73. The highest BCUT2D eigenvalue weighted by Gasteiger charge is 2.17. The fourth-order valence-electron chi connectivity index (χ4n) is 7.94. The Kier molecular flexibility index (Phi) is 5.96. The van der Waals surface area contributed by atoms with Gasteiger partial charge in [-0.15, -0.1) is 0 Å². The van der Waals surface area contributed by atoms with Gasteiger partial charge >= 0.3 is 0 Å². The monoisotopic (exact) mass is 651 g/mol. The number of rotatable bonds is 4. The van der Waals surface area contributed by atoms with E-state index in [4.69, 9.17) is 8.83 Å². The molecule has 0 radical (unpaired) electrons. The zero-order chi connectivity index (χ0) is 33.5. The quantitative estimate of drug-likeness (QED) is 0.190. The summed E-state index contributed by atoms with van der Waals surface area (Å²) < 4.78 is 15.5. The zero-order valence-electron chi connectivity index (χ0n) is 27.5. The molecule has 0 bridgehead atoms. The normalized spacial score (nSPS) is 11.9. The van der Waals surface area contributed by atoms with Crippen molar-refractivity contribution < 1.29 is 8.83 Å².